The van der Waals surface area contributed by atoms with E-state index < -0.39 is 0 Å². The third-order valence-electron chi connectivity index (χ3n) is 3.07. The van der Waals surface area contributed by atoms with Crippen LogP contribution < -0.4 is 4.74 Å². The molecule has 5 nitrogen and oxygen atoms in total. The van der Waals surface area contributed by atoms with Crippen LogP contribution in [0.15, 0.2) is 10.6 Å². The van der Waals surface area contributed by atoms with Gasteiger partial charge in [0, 0.05) is 38.8 Å². The van der Waals surface area contributed by atoms with Gasteiger partial charge in [-0.2, -0.15) is 0 Å². The molecule has 1 aliphatic rings. The molecule has 0 aromatic carbocycles. The third-order valence-corrected chi connectivity index (χ3v) is 3.07. The van der Waals surface area contributed by atoms with Crippen LogP contribution >= 0.6 is 0 Å². The number of aromatic nitrogens is 1. The van der Waals surface area contributed by atoms with E-state index in [2.05, 4.69) is 22.0 Å². The summed E-state index contributed by atoms with van der Waals surface area (Å²) in [5.41, 5.74) is 0. The van der Waals surface area contributed by atoms with E-state index in [1.807, 2.05) is 13.0 Å². The van der Waals surface area contributed by atoms with E-state index in [1.54, 1.807) is 0 Å². The van der Waals surface area contributed by atoms with Crippen LogP contribution in [0.3, 0.4) is 0 Å². The minimum Gasteiger partial charge on any atom is -0.475 e. The van der Waals surface area contributed by atoms with E-state index in [-0.39, 0.29) is 0 Å². The maximum absolute atomic E-state index is 5.50. The van der Waals surface area contributed by atoms with Crippen molar-refractivity contribution in [1.29, 1.82) is 0 Å². The lowest BCUT2D eigenvalue weighted by molar-refractivity contribution is 0.144. The van der Waals surface area contributed by atoms with Gasteiger partial charge in [-0.25, -0.2) is 0 Å². The van der Waals surface area contributed by atoms with Gasteiger partial charge in [0.05, 0.1) is 6.61 Å². The normalized spacial score (nSPS) is 18.5. The molecule has 2 rings (SSSR count). The highest BCUT2D eigenvalue weighted by molar-refractivity contribution is 5.09. The zero-order valence-corrected chi connectivity index (χ0v) is 10.7. The maximum atomic E-state index is 5.50. The van der Waals surface area contributed by atoms with Gasteiger partial charge in [0.2, 0.25) is 0 Å². The standard InChI is InChI=1S/C12H21N3O2/c1-11-10-12(13-17-11)16-9-3-4-15-7-5-14(2)6-8-15/h10H,3-9H2,1-2H3. The molecule has 0 N–H and O–H groups in total. The van der Waals surface area contributed by atoms with Crippen molar-refractivity contribution in [1.82, 2.24) is 15.0 Å². The molecule has 0 atom stereocenters. The van der Waals surface area contributed by atoms with Gasteiger partial charge >= 0.3 is 0 Å². The quantitative estimate of drug-likeness (QED) is 0.717. The van der Waals surface area contributed by atoms with Gasteiger partial charge in [0.1, 0.15) is 5.76 Å². The Morgan fingerprint density at radius 2 is 2.12 bits per heavy atom. The van der Waals surface area contributed by atoms with Crippen molar-refractivity contribution in [2.24, 2.45) is 0 Å². The Labute approximate surface area is 102 Å². The molecule has 0 radical (unpaired) electrons. The lowest BCUT2D eigenvalue weighted by Crippen LogP contribution is -2.44. The average Bonchev–Trinajstić information content (AvgIpc) is 2.73. The Morgan fingerprint density at radius 3 is 2.76 bits per heavy atom. The molecular formula is C12H21N3O2. The van der Waals surface area contributed by atoms with Crippen molar-refractivity contribution >= 4 is 0 Å². The van der Waals surface area contributed by atoms with E-state index in [9.17, 15) is 0 Å². The molecular weight excluding hydrogens is 218 g/mol. The Bertz CT molecular complexity index is 332. The summed E-state index contributed by atoms with van der Waals surface area (Å²) < 4.78 is 10.4. The summed E-state index contributed by atoms with van der Waals surface area (Å²) in [6, 6.07) is 1.82. The van der Waals surface area contributed by atoms with Crippen LogP contribution in [0.5, 0.6) is 5.88 Å². The largest absolute Gasteiger partial charge is 0.475 e. The number of likely N-dealkylation sites (N-methyl/N-ethyl adjacent to an activating group) is 1. The summed E-state index contributed by atoms with van der Waals surface area (Å²) >= 11 is 0. The number of piperazine rings is 1. The SMILES string of the molecule is Cc1cc(OCCCN2CCN(C)CC2)no1. The molecule has 5 heteroatoms. The molecule has 0 aliphatic carbocycles. The van der Waals surface area contributed by atoms with Crippen LogP contribution in [-0.4, -0.2) is 61.3 Å². The summed E-state index contributed by atoms with van der Waals surface area (Å²) in [7, 11) is 2.17. The van der Waals surface area contributed by atoms with Crippen molar-refractivity contribution in [2.75, 3.05) is 46.4 Å². The predicted octanol–water partition coefficient (Wildman–Crippen LogP) is 0.999. The molecule has 0 saturated carbocycles. The molecule has 1 aliphatic heterocycles. The zero-order valence-electron chi connectivity index (χ0n) is 10.7. The molecule has 1 fully saturated rings. The van der Waals surface area contributed by atoms with Crippen molar-refractivity contribution in [2.45, 2.75) is 13.3 Å². The molecule has 1 saturated heterocycles. The van der Waals surface area contributed by atoms with E-state index in [4.69, 9.17) is 9.26 Å². The molecule has 1 aromatic rings. The van der Waals surface area contributed by atoms with E-state index in [1.165, 1.54) is 26.2 Å². The number of hydrogen-bond acceptors (Lipinski definition) is 5. The Kier molecular flexibility index (Phi) is 4.39. The Hall–Kier alpha value is -1.07. The molecule has 0 bridgehead atoms. The van der Waals surface area contributed by atoms with Gasteiger partial charge in [0.25, 0.3) is 5.88 Å². The Morgan fingerprint density at radius 1 is 1.35 bits per heavy atom. The number of aryl methyl sites for hydroxylation is 1. The fraction of sp³-hybridized carbons (Fsp3) is 0.750. The van der Waals surface area contributed by atoms with Gasteiger partial charge in [0.15, 0.2) is 0 Å². The summed E-state index contributed by atoms with van der Waals surface area (Å²) in [5, 5.41) is 3.79. The number of rotatable bonds is 5. The van der Waals surface area contributed by atoms with Crippen LogP contribution in [-0.2, 0) is 0 Å². The van der Waals surface area contributed by atoms with E-state index in [0.29, 0.717) is 12.5 Å². The van der Waals surface area contributed by atoms with E-state index >= 15 is 0 Å². The van der Waals surface area contributed by atoms with Crippen molar-refractivity contribution in [3.8, 4) is 5.88 Å². The predicted molar refractivity (Wildman–Crippen MR) is 65.3 cm³/mol. The molecule has 0 spiro atoms. The fourth-order valence-electron chi connectivity index (χ4n) is 1.95. The second-order valence-corrected chi connectivity index (χ2v) is 4.62. The summed E-state index contributed by atoms with van der Waals surface area (Å²) in [4.78, 5) is 4.85. The topological polar surface area (TPSA) is 41.7 Å². The molecule has 0 unspecified atom stereocenters. The monoisotopic (exact) mass is 239 g/mol. The van der Waals surface area contributed by atoms with Gasteiger partial charge in [-0.1, -0.05) is 0 Å². The van der Waals surface area contributed by atoms with Crippen molar-refractivity contribution < 1.29 is 9.26 Å². The minimum absolute atomic E-state index is 0.598. The van der Waals surface area contributed by atoms with Crippen LogP contribution in [0, 0.1) is 6.92 Å². The summed E-state index contributed by atoms with van der Waals surface area (Å²) in [5.74, 6) is 1.39. The fourth-order valence-corrected chi connectivity index (χ4v) is 1.95. The molecule has 17 heavy (non-hydrogen) atoms. The lowest BCUT2D eigenvalue weighted by Gasteiger charge is -2.32. The highest BCUT2D eigenvalue weighted by atomic mass is 16.5. The van der Waals surface area contributed by atoms with Gasteiger partial charge in [-0.3, -0.25) is 0 Å². The van der Waals surface area contributed by atoms with Gasteiger partial charge < -0.3 is 19.1 Å². The first-order valence-corrected chi connectivity index (χ1v) is 6.21. The van der Waals surface area contributed by atoms with Crippen LogP contribution in [0.1, 0.15) is 12.2 Å². The molecule has 2 heterocycles. The summed E-state index contributed by atoms with van der Waals surface area (Å²) in [6.07, 6.45) is 1.04. The first-order chi connectivity index (χ1) is 8.24. The van der Waals surface area contributed by atoms with Crippen LogP contribution in [0.4, 0.5) is 0 Å². The zero-order chi connectivity index (χ0) is 12.1. The highest BCUT2D eigenvalue weighted by Gasteiger charge is 2.12. The average molecular weight is 239 g/mol. The second kappa shape index (κ2) is 6.02. The second-order valence-electron chi connectivity index (χ2n) is 4.62. The van der Waals surface area contributed by atoms with Gasteiger partial charge in [-0.05, 0) is 25.5 Å². The maximum Gasteiger partial charge on any atom is 0.254 e. The first kappa shape index (κ1) is 12.4. The van der Waals surface area contributed by atoms with Crippen LogP contribution in [0.2, 0.25) is 0 Å². The van der Waals surface area contributed by atoms with Crippen molar-refractivity contribution in [3.63, 3.8) is 0 Å². The third kappa shape index (κ3) is 4.02. The molecule has 0 amide bonds. The van der Waals surface area contributed by atoms with Crippen LogP contribution in [0.25, 0.3) is 0 Å². The number of ether oxygens (including phenoxy) is 1. The Balaban J connectivity index is 1.57. The van der Waals surface area contributed by atoms with Gasteiger partial charge in [-0.15, -0.1) is 0 Å². The van der Waals surface area contributed by atoms with E-state index in [0.717, 1.165) is 18.7 Å². The smallest absolute Gasteiger partial charge is 0.254 e. The van der Waals surface area contributed by atoms with Crippen molar-refractivity contribution in [3.05, 3.63) is 11.8 Å². The number of hydrogen-bond donors (Lipinski definition) is 0. The highest BCUT2D eigenvalue weighted by Crippen LogP contribution is 2.10. The minimum atomic E-state index is 0.598. The molecule has 96 valence electrons. The first-order valence-electron chi connectivity index (χ1n) is 6.21. The number of nitrogens with zero attached hydrogens (tertiary/aromatic N) is 3. The molecule has 1 aromatic heterocycles. The summed E-state index contributed by atoms with van der Waals surface area (Å²) in [6.45, 7) is 8.35. The lowest BCUT2D eigenvalue weighted by atomic mass is 10.3.